The van der Waals surface area contributed by atoms with Crippen molar-refractivity contribution in [3.05, 3.63) is 59.7 Å². The Morgan fingerprint density at radius 1 is 1.07 bits per heavy atom. The molecule has 2 aliphatic rings. The molecule has 2 fully saturated rings. The number of halogens is 1. The van der Waals surface area contributed by atoms with E-state index in [1.807, 2.05) is 12.1 Å². The second-order valence-corrected chi connectivity index (χ2v) is 8.60. The van der Waals surface area contributed by atoms with Crippen molar-refractivity contribution >= 4 is 18.1 Å². The molecule has 1 aliphatic carbocycles. The van der Waals surface area contributed by atoms with Crippen LogP contribution in [0.3, 0.4) is 0 Å². The number of aromatic hydroxyl groups is 1. The van der Waals surface area contributed by atoms with Crippen LogP contribution < -0.4 is 4.48 Å². The van der Waals surface area contributed by atoms with Gasteiger partial charge in [-0.05, 0) is 56.5 Å². The molecule has 0 bridgehead atoms. The first-order valence-corrected chi connectivity index (χ1v) is 10.3. The minimum atomic E-state index is 0. The van der Waals surface area contributed by atoms with Gasteiger partial charge in [-0.2, -0.15) is 0 Å². The smallest absolute Gasteiger partial charge is 0.132 e. The van der Waals surface area contributed by atoms with Crippen molar-refractivity contribution in [1.29, 1.82) is 0 Å². The van der Waals surface area contributed by atoms with Gasteiger partial charge in [0.15, 0.2) is 0 Å². The number of aryl methyl sites for hydroxylation is 1. The molecule has 2 nitrogen and oxygen atoms in total. The van der Waals surface area contributed by atoms with E-state index in [4.69, 9.17) is 0 Å². The zero-order valence-electron chi connectivity index (χ0n) is 16.7. The molecule has 1 aliphatic heterocycles. The number of hydrogen-bond donors (Lipinski definition) is 1. The molecule has 1 unspecified atom stereocenters. The highest BCUT2D eigenvalue weighted by Gasteiger charge is 2.51. The Balaban J connectivity index is 0.00000210. The van der Waals surface area contributed by atoms with Crippen molar-refractivity contribution in [3.8, 4) is 5.75 Å². The van der Waals surface area contributed by atoms with Crippen LogP contribution in [0.1, 0.15) is 50.2 Å². The van der Waals surface area contributed by atoms with Crippen LogP contribution in [-0.4, -0.2) is 24.7 Å². The summed E-state index contributed by atoms with van der Waals surface area (Å²) in [5, 5.41) is 10.1. The number of nitrogens with zero attached hydrogens (tertiary/aromatic N) is 1. The maximum absolute atomic E-state index is 10.1. The quantitative estimate of drug-likeness (QED) is 0.643. The van der Waals surface area contributed by atoms with E-state index in [1.54, 1.807) is 6.07 Å². The Hall–Kier alpha value is -1.51. The molecule has 27 heavy (non-hydrogen) atoms. The van der Waals surface area contributed by atoms with Gasteiger partial charge in [0.25, 0.3) is 0 Å². The van der Waals surface area contributed by atoms with E-state index in [2.05, 4.69) is 44.2 Å². The molecule has 146 valence electrons. The molecule has 1 N–H and O–H groups in total. The first kappa shape index (κ1) is 20.2. The number of hydrogen-bond acceptors (Lipinski definition) is 1. The van der Waals surface area contributed by atoms with E-state index >= 15 is 0 Å². The molecular weight excluding hydrogens is 354 g/mol. The summed E-state index contributed by atoms with van der Waals surface area (Å²) in [4.78, 5) is 0. The van der Waals surface area contributed by atoms with Crippen molar-refractivity contribution < 1.29 is 5.11 Å². The van der Waals surface area contributed by atoms with Gasteiger partial charge in [-0.15, -0.1) is 12.4 Å². The summed E-state index contributed by atoms with van der Waals surface area (Å²) in [7, 11) is 0. The molecule has 0 amide bonds. The molecule has 1 heterocycles. The van der Waals surface area contributed by atoms with E-state index < -0.39 is 0 Å². The van der Waals surface area contributed by atoms with Crippen LogP contribution in [0.5, 0.6) is 5.75 Å². The topological polar surface area (TPSA) is 20.2 Å². The fourth-order valence-corrected chi connectivity index (χ4v) is 5.74. The largest absolute Gasteiger partial charge is 0.508 e. The average Bonchev–Trinajstić information content (AvgIpc) is 2.68. The Bertz CT molecular complexity index is 774. The zero-order valence-corrected chi connectivity index (χ0v) is 17.5. The van der Waals surface area contributed by atoms with Crippen LogP contribution in [0.2, 0.25) is 0 Å². The molecule has 0 spiro atoms. The monoisotopic (exact) mass is 386 g/mol. The molecule has 0 aromatic heterocycles. The van der Waals surface area contributed by atoms with Crippen LogP contribution >= 0.6 is 12.4 Å². The summed E-state index contributed by atoms with van der Waals surface area (Å²) in [5.41, 5.74) is 4.46. The third-order valence-electron chi connectivity index (χ3n) is 7.37. The minimum Gasteiger partial charge on any atom is -0.508 e. The van der Waals surface area contributed by atoms with Gasteiger partial charge in [0.05, 0.1) is 19.6 Å². The van der Waals surface area contributed by atoms with Gasteiger partial charge < -0.3 is 5.11 Å². The summed E-state index contributed by atoms with van der Waals surface area (Å²) in [5.74, 6) is 1.12. The fourth-order valence-electron chi connectivity index (χ4n) is 5.74. The van der Waals surface area contributed by atoms with E-state index in [1.165, 1.54) is 62.0 Å². The normalized spacial score (nSPS) is 30.2. The molecule has 4 rings (SSSR count). The van der Waals surface area contributed by atoms with Crippen LogP contribution in [0.25, 0.3) is 0 Å². The first-order valence-electron chi connectivity index (χ1n) is 10.3. The molecular formula is C24H33ClNO+. The molecule has 3 atom stereocenters. The molecule has 1 saturated carbocycles. The van der Waals surface area contributed by atoms with E-state index in [9.17, 15) is 5.11 Å². The number of rotatable bonds is 3. The second-order valence-electron chi connectivity index (χ2n) is 8.60. The Morgan fingerprint density at radius 3 is 2.56 bits per heavy atom. The summed E-state index contributed by atoms with van der Waals surface area (Å²) in [6, 6.07) is 17.4. The van der Waals surface area contributed by atoms with Crippen molar-refractivity contribution in [3.63, 3.8) is 0 Å². The molecule has 3 heteroatoms. The van der Waals surface area contributed by atoms with Gasteiger partial charge in [-0.3, -0.25) is 4.48 Å². The van der Waals surface area contributed by atoms with E-state index in [0.29, 0.717) is 11.7 Å². The van der Waals surface area contributed by atoms with Crippen LogP contribution in [0, 0.1) is 12.8 Å². The number of fused-ring (bicyclic) bond motifs is 1. The lowest BCUT2D eigenvalue weighted by Crippen LogP contribution is -2.62. The number of phenolic OH excluding ortho intramolecular Hbond substituents is 1. The Labute approximate surface area is 170 Å². The van der Waals surface area contributed by atoms with Crippen molar-refractivity contribution in [1.82, 2.24) is 4.48 Å². The predicted molar refractivity (Wildman–Crippen MR) is 117 cm³/mol. The van der Waals surface area contributed by atoms with E-state index in [0.717, 1.165) is 11.0 Å². The molecule has 2 aromatic carbocycles. The lowest BCUT2D eigenvalue weighted by atomic mass is 9.58. The van der Waals surface area contributed by atoms with Gasteiger partial charge in [0, 0.05) is 17.8 Å². The van der Waals surface area contributed by atoms with Crippen molar-refractivity contribution in [2.75, 3.05) is 19.6 Å². The summed E-state index contributed by atoms with van der Waals surface area (Å²) >= 11 is 0. The number of quaternary nitrogens is 1. The molecule has 2 aromatic rings. The third kappa shape index (κ3) is 3.50. The van der Waals surface area contributed by atoms with Crippen LogP contribution in [0.4, 0.5) is 5.69 Å². The van der Waals surface area contributed by atoms with Crippen LogP contribution in [-0.2, 0) is 5.41 Å². The SMILES string of the molecule is CC[N@+]1(c2ccc(C)cc2)CC[C@@]2(c3cccc(O)c3)CCCCC2C1.Cl. The van der Waals surface area contributed by atoms with Gasteiger partial charge in [0.2, 0.25) is 0 Å². The highest BCUT2D eigenvalue weighted by Crippen LogP contribution is 2.51. The maximum Gasteiger partial charge on any atom is 0.132 e. The number of piperidine rings is 1. The van der Waals surface area contributed by atoms with Crippen LogP contribution in [0.15, 0.2) is 48.5 Å². The maximum atomic E-state index is 10.1. The van der Waals surface area contributed by atoms with Gasteiger partial charge in [-0.1, -0.05) is 42.7 Å². The Kier molecular flexibility index (Phi) is 5.88. The fraction of sp³-hybridized carbons (Fsp3) is 0.500. The predicted octanol–water partition coefficient (Wildman–Crippen LogP) is 5.98. The standard InChI is InChI=1S/C24H31NO.ClH/c1-3-25(22-12-10-19(2)11-13-22)16-15-24(14-5-4-7-21(24)18-25)20-8-6-9-23(26)17-20;/h6,8-13,17,21H,3-5,7,14-16,18H2,1-2H3;1H/p+1/t21?,24-,25+;/m1./s1. The number of likely N-dealkylation sites (tertiary alicyclic amines) is 1. The van der Waals surface area contributed by atoms with Crippen molar-refractivity contribution in [2.24, 2.45) is 5.92 Å². The van der Waals surface area contributed by atoms with E-state index in [-0.39, 0.29) is 17.8 Å². The van der Waals surface area contributed by atoms with Gasteiger partial charge in [0.1, 0.15) is 11.4 Å². The lowest BCUT2D eigenvalue weighted by molar-refractivity contribution is 0.0619. The van der Waals surface area contributed by atoms with Gasteiger partial charge in [-0.25, -0.2) is 0 Å². The first-order chi connectivity index (χ1) is 12.6. The Morgan fingerprint density at radius 2 is 1.85 bits per heavy atom. The summed E-state index contributed by atoms with van der Waals surface area (Å²) in [6.45, 7) is 8.12. The summed E-state index contributed by atoms with van der Waals surface area (Å²) in [6.07, 6.45) is 6.49. The molecule has 1 saturated heterocycles. The third-order valence-corrected chi connectivity index (χ3v) is 7.37. The highest BCUT2D eigenvalue weighted by atomic mass is 35.5. The number of benzene rings is 2. The second kappa shape index (κ2) is 7.85. The summed E-state index contributed by atoms with van der Waals surface area (Å²) < 4.78 is 1.12. The van der Waals surface area contributed by atoms with Crippen molar-refractivity contribution in [2.45, 2.75) is 51.4 Å². The average molecular weight is 387 g/mol. The minimum absolute atomic E-state index is 0. The molecule has 0 radical (unpaired) electrons. The zero-order chi connectivity index (χ0) is 18.2. The lowest BCUT2D eigenvalue weighted by Gasteiger charge is -2.54. The highest BCUT2D eigenvalue weighted by molar-refractivity contribution is 5.85. The number of phenols is 1. The van der Waals surface area contributed by atoms with Gasteiger partial charge >= 0.3 is 0 Å².